The summed E-state index contributed by atoms with van der Waals surface area (Å²) in [5.74, 6) is 1.45. The molecule has 1 aliphatic carbocycles. The topological polar surface area (TPSA) is 26.3 Å². The first kappa shape index (κ1) is 11.9. The van der Waals surface area contributed by atoms with Gasteiger partial charge in [0.25, 0.3) is 0 Å². The predicted molar refractivity (Wildman–Crippen MR) is 70.9 cm³/mol. The summed E-state index contributed by atoms with van der Waals surface area (Å²) in [5, 5.41) is 0. The van der Waals surface area contributed by atoms with Crippen molar-refractivity contribution in [1.82, 2.24) is 0 Å². The number of benzene rings is 1. The normalized spacial score (nSPS) is 23.9. The lowest BCUT2D eigenvalue weighted by atomic mass is 9.80. The third-order valence-corrected chi connectivity index (χ3v) is 4.31. The van der Waals surface area contributed by atoms with Gasteiger partial charge in [-0.15, -0.1) is 0 Å². The van der Waals surface area contributed by atoms with Gasteiger partial charge in [0.2, 0.25) is 0 Å². The van der Waals surface area contributed by atoms with Crippen LogP contribution in [0.4, 0.5) is 0 Å². The van der Waals surface area contributed by atoms with Crippen molar-refractivity contribution in [3.05, 3.63) is 35.4 Å². The molecule has 0 bridgehead atoms. The molecule has 18 heavy (non-hydrogen) atoms. The van der Waals surface area contributed by atoms with Crippen molar-refractivity contribution in [2.24, 2.45) is 5.92 Å². The van der Waals surface area contributed by atoms with Crippen LogP contribution < -0.4 is 0 Å². The van der Waals surface area contributed by atoms with Crippen molar-refractivity contribution in [2.75, 3.05) is 13.2 Å². The molecule has 1 aromatic carbocycles. The van der Waals surface area contributed by atoms with Crippen LogP contribution in [-0.4, -0.2) is 19.0 Å². The third kappa shape index (κ3) is 2.49. The number of hydrogen-bond donors (Lipinski definition) is 0. The van der Waals surface area contributed by atoms with E-state index in [1.54, 1.807) is 0 Å². The highest BCUT2D eigenvalue weighted by atomic mass is 16.5. The Morgan fingerprint density at radius 1 is 1.17 bits per heavy atom. The second-order valence-corrected chi connectivity index (χ2v) is 5.61. The van der Waals surface area contributed by atoms with E-state index in [2.05, 4.69) is 12.1 Å². The number of carbonyl (C=O) groups excluding carboxylic acids is 1. The molecule has 1 atom stereocenters. The molecule has 1 heterocycles. The van der Waals surface area contributed by atoms with Crippen molar-refractivity contribution in [2.45, 2.75) is 38.0 Å². The highest BCUT2D eigenvalue weighted by molar-refractivity contribution is 5.96. The zero-order valence-electron chi connectivity index (χ0n) is 10.7. The highest BCUT2D eigenvalue weighted by Gasteiger charge is 2.21. The van der Waals surface area contributed by atoms with Gasteiger partial charge in [0.15, 0.2) is 5.78 Å². The van der Waals surface area contributed by atoms with Crippen molar-refractivity contribution >= 4 is 5.78 Å². The molecule has 0 spiro atoms. The monoisotopic (exact) mass is 244 g/mol. The van der Waals surface area contributed by atoms with Crippen molar-refractivity contribution < 1.29 is 9.53 Å². The maximum Gasteiger partial charge on any atom is 0.163 e. The zero-order chi connectivity index (χ0) is 12.4. The van der Waals surface area contributed by atoms with Crippen LogP contribution in [-0.2, 0) is 4.74 Å². The minimum Gasteiger partial charge on any atom is -0.381 e. The van der Waals surface area contributed by atoms with Crippen LogP contribution in [0.25, 0.3) is 0 Å². The molecule has 2 heteroatoms. The average molecular weight is 244 g/mol. The Labute approximate surface area is 108 Å². The molecule has 1 saturated carbocycles. The fourth-order valence-corrected chi connectivity index (χ4v) is 2.81. The van der Waals surface area contributed by atoms with Gasteiger partial charge in [-0.05, 0) is 36.7 Å². The lowest BCUT2D eigenvalue weighted by Gasteiger charge is -2.25. The molecule has 2 aliphatic rings. The van der Waals surface area contributed by atoms with Gasteiger partial charge in [-0.2, -0.15) is 0 Å². The Morgan fingerprint density at radius 2 is 1.94 bits per heavy atom. The molecule has 0 radical (unpaired) electrons. The molecule has 0 aromatic heterocycles. The zero-order valence-corrected chi connectivity index (χ0v) is 10.7. The van der Waals surface area contributed by atoms with Gasteiger partial charge in [0.1, 0.15) is 0 Å². The molecule has 0 N–H and O–H groups in total. The summed E-state index contributed by atoms with van der Waals surface area (Å²) in [6, 6.07) is 8.29. The van der Waals surface area contributed by atoms with E-state index in [1.165, 1.54) is 24.8 Å². The van der Waals surface area contributed by atoms with Crippen LogP contribution in [0.3, 0.4) is 0 Å². The fraction of sp³-hybridized carbons (Fsp3) is 0.562. The second-order valence-electron chi connectivity index (χ2n) is 5.61. The molecule has 2 fully saturated rings. The summed E-state index contributed by atoms with van der Waals surface area (Å²) in [5.41, 5.74) is 2.27. The van der Waals surface area contributed by atoms with Crippen molar-refractivity contribution in [3.8, 4) is 0 Å². The first-order valence-corrected chi connectivity index (χ1v) is 7.04. The fourth-order valence-electron chi connectivity index (χ4n) is 2.81. The average Bonchev–Trinajstić information content (AvgIpc) is 2.80. The van der Waals surface area contributed by atoms with Crippen molar-refractivity contribution in [3.63, 3.8) is 0 Å². The Morgan fingerprint density at radius 3 is 2.50 bits per heavy atom. The van der Waals surface area contributed by atoms with Crippen molar-refractivity contribution in [1.29, 1.82) is 0 Å². The van der Waals surface area contributed by atoms with E-state index in [4.69, 9.17) is 4.74 Å². The lowest BCUT2D eigenvalue weighted by molar-refractivity contribution is 0.0952. The molecule has 1 aromatic rings. The molecule has 1 aliphatic heterocycles. The Hall–Kier alpha value is -1.15. The van der Waals surface area contributed by atoms with Gasteiger partial charge in [0.05, 0.1) is 0 Å². The van der Waals surface area contributed by atoms with Crippen LogP contribution in [0.5, 0.6) is 0 Å². The van der Waals surface area contributed by atoms with Crippen LogP contribution in [0, 0.1) is 5.92 Å². The van der Waals surface area contributed by atoms with E-state index in [1.807, 2.05) is 12.1 Å². The first-order chi connectivity index (χ1) is 8.83. The summed E-state index contributed by atoms with van der Waals surface area (Å²) in [7, 11) is 0. The van der Waals surface area contributed by atoms with Gasteiger partial charge in [-0.3, -0.25) is 4.79 Å². The number of carbonyl (C=O) groups is 1. The molecule has 3 rings (SSSR count). The van der Waals surface area contributed by atoms with E-state index in [0.717, 1.165) is 31.1 Å². The first-order valence-electron chi connectivity index (χ1n) is 7.04. The van der Waals surface area contributed by atoms with Crippen LogP contribution in [0.2, 0.25) is 0 Å². The molecule has 1 saturated heterocycles. The van der Waals surface area contributed by atoms with E-state index in [0.29, 0.717) is 12.3 Å². The Bertz CT molecular complexity index is 411. The molecule has 0 amide bonds. The lowest BCUT2D eigenvalue weighted by Crippen LogP contribution is -2.10. The summed E-state index contributed by atoms with van der Waals surface area (Å²) in [4.78, 5) is 12.1. The smallest absolute Gasteiger partial charge is 0.163 e. The van der Waals surface area contributed by atoms with Gasteiger partial charge >= 0.3 is 0 Å². The predicted octanol–water partition coefficient (Wildman–Crippen LogP) is 3.56. The summed E-state index contributed by atoms with van der Waals surface area (Å²) < 4.78 is 5.31. The van der Waals surface area contributed by atoms with Crippen LogP contribution in [0.1, 0.15) is 53.9 Å². The summed E-state index contributed by atoms with van der Waals surface area (Å²) in [6.45, 7) is 1.57. The Kier molecular flexibility index (Phi) is 3.46. The highest BCUT2D eigenvalue weighted by Crippen LogP contribution is 2.36. The number of hydrogen-bond acceptors (Lipinski definition) is 2. The standard InChI is InChI=1S/C16H20O2/c17-16(10-12-8-9-18-11-12)15-6-4-14(5-7-15)13-2-1-3-13/h4-7,12-13H,1-3,8-11H2. The Balaban J connectivity index is 1.62. The number of ether oxygens (including phenoxy) is 1. The molecular weight excluding hydrogens is 224 g/mol. The third-order valence-electron chi connectivity index (χ3n) is 4.31. The minimum atomic E-state index is 0.269. The number of Topliss-reactive ketones (excluding diaryl/α,β-unsaturated/α-hetero) is 1. The molecule has 1 unspecified atom stereocenters. The van der Waals surface area contributed by atoms with Gasteiger partial charge in [-0.25, -0.2) is 0 Å². The molecule has 2 nitrogen and oxygen atoms in total. The maximum absolute atomic E-state index is 12.1. The largest absolute Gasteiger partial charge is 0.381 e. The summed E-state index contributed by atoms with van der Waals surface area (Å²) >= 11 is 0. The van der Waals surface area contributed by atoms with E-state index in [9.17, 15) is 4.79 Å². The van der Waals surface area contributed by atoms with E-state index in [-0.39, 0.29) is 5.78 Å². The SMILES string of the molecule is O=C(CC1CCOC1)c1ccc(C2CCC2)cc1. The molecular formula is C16H20O2. The quantitative estimate of drug-likeness (QED) is 0.757. The van der Waals surface area contributed by atoms with Crippen LogP contribution >= 0.6 is 0 Å². The van der Waals surface area contributed by atoms with Gasteiger partial charge in [0, 0.05) is 25.2 Å². The minimum absolute atomic E-state index is 0.269. The summed E-state index contributed by atoms with van der Waals surface area (Å²) in [6.07, 6.45) is 5.65. The van der Waals surface area contributed by atoms with Crippen LogP contribution in [0.15, 0.2) is 24.3 Å². The second kappa shape index (κ2) is 5.23. The van der Waals surface area contributed by atoms with E-state index < -0.39 is 0 Å². The molecule has 96 valence electrons. The maximum atomic E-state index is 12.1. The van der Waals surface area contributed by atoms with E-state index >= 15 is 0 Å². The van der Waals surface area contributed by atoms with Gasteiger partial charge < -0.3 is 4.74 Å². The van der Waals surface area contributed by atoms with Gasteiger partial charge in [-0.1, -0.05) is 30.7 Å². The number of ketones is 1. The number of rotatable bonds is 4.